The number of nitrogens with two attached hydrogens (primary N) is 2. The van der Waals surface area contributed by atoms with Crippen molar-refractivity contribution in [2.75, 3.05) is 11.5 Å². The molecule has 0 bridgehead atoms. The van der Waals surface area contributed by atoms with E-state index >= 15 is 0 Å². The zero-order valence-electron chi connectivity index (χ0n) is 13.0. The number of rotatable bonds is 3. The summed E-state index contributed by atoms with van der Waals surface area (Å²) in [6, 6.07) is 8.29. The molecule has 9 heteroatoms. The van der Waals surface area contributed by atoms with E-state index in [0.717, 1.165) is 0 Å². The van der Waals surface area contributed by atoms with Crippen LogP contribution >= 0.6 is 0 Å². The Labute approximate surface area is 141 Å². The molecule has 0 aliphatic carbocycles. The second-order valence-electron chi connectivity index (χ2n) is 5.34. The number of benzene rings is 1. The van der Waals surface area contributed by atoms with E-state index in [4.69, 9.17) is 11.5 Å². The highest BCUT2D eigenvalue weighted by atomic mass is 19.1. The molecule has 0 amide bonds. The van der Waals surface area contributed by atoms with Gasteiger partial charge in [-0.15, -0.1) is 0 Å². The van der Waals surface area contributed by atoms with Crippen molar-refractivity contribution in [2.45, 2.75) is 6.42 Å². The number of nitrogen functional groups attached to an aromatic ring is 2. The van der Waals surface area contributed by atoms with E-state index in [-0.39, 0.29) is 30.0 Å². The highest BCUT2D eigenvalue weighted by Crippen LogP contribution is 2.22. The number of halogens is 1. The topological polar surface area (TPSA) is 121 Å². The van der Waals surface area contributed by atoms with Crippen LogP contribution in [-0.2, 0) is 6.42 Å². The molecule has 4 rings (SSSR count). The molecule has 4 N–H and O–H groups in total. The van der Waals surface area contributed by atoms with Crippen molar-refractivity contribution < 1.29 is 4.39 Å². The standard InChI is InChI=1S/C16H13FN8/c17-10-5-2-1-4-9(10)8-11-13-20-6-3-7-25(13)14(21-11)12-22-15(18)24-16(19)23-12/h1-7H,8H2,(H4,18,19,22,23,24). The van der Waals surface area contributed by atoms with Crippen molar-refractivity contribution in [3.63, 3.8) is 0 Å². The van der Waals surface area contributed by atoms with Gasteiger partial charge < -0.3 is 11.5 Å². The minimum absolute atomic E-state index is 0.00112. The van der Waals surface area contributed by atoms with Crippen molar-refractivity contribution in [3.8, 4) is 11.6 Å². The second kappa shape index (κ2) is 5.78. The molecule has 8 nitrogen and oxygen atoms in total. The first-order valence-corrected chi connectivity index (χ1v) is 7.44. The highest BCUT2D eigenvalue weighted by Gasteiger charge is 2.18. The average Bonchev–Trinajstić information content (AvgIpc) is 2.95. The largest absolute Gasteiger partial charge is 0.368 e. The first kappa shape index (κ1) is 14.9. The number of fused-ring (bicyclic) bond motifs is 1. The number of imidazole rings is 1. The maximum atomic E-state index is 14.0. The van der Waals surface area contributed by atoms with Gasteiger partial charge in [-0.2, -0.15) is 15.0 Å². The van der Waals surface area contributed by atoms with Gasteiger partial charge >= 0.3 is 0 Å². The van der Waals surface area contributed by atoms with Gasteiger partial charge in [0.2, 0.25) is 17.7 Å². The summed E-state index contributed by atoms with van der Waals surface area (Å²) in [5, 5.41) is 0. The molecule has 0 unspecified atom stereocenters. The van der Waals surface area contributed by atoms with Crippen LogP contribution in [0.1, 0.15) is 11.3 Å². The Morgan fingerprint density at radius 1 is 0.960 bits per heavy atom. The van der Waals surface area contributed by atoms with Crippen molar-refractivity contribution in [3.05, 3.63) is 59.8 Å². The first-order valence-electron chi connectivity index (χ1n) is 7.44. The molecule has 0 saturated heterocycles. The molecule has 4 aromatic rings. The number of hydrogen-bond donors (Lipinski definition) is 2. The molecule has 3 heterocycles. The molecular weight excluding hydrogens is 323 g/mol. The Kier molecular flexibility index (Phi) is 3.46. The summed E-state index contributed by atoms with van der Waals surface area (Å²) in [5.74, 6) is 0.343. The van der Waals surface area contributed by atoms with Gasteiger partial charge in [0.25, 0.3) is 0 Å². The lowest BCUT2D eigenvalue weighted by molar-refractivity contribution is 0.613. The minimum Gasteiger partial charge on any atom is -0.368 e. The van der Waals surface area contributed by atoms with Crippen molar-refractivity contribution in [1.82, 2.24) is 29.3 Å². The highest BCUT2D eigenvalue weighted by molar-refractivity contribution is 5.59. The third kappa shape index (κ3) is 2.71. The van der Waals surface area contributed by atoms with Crippen LogP contribution in [0.15, 0.2) is 42.7 Å². The minimum atomic E-state index is -0.296. The average molecular weight is 336 g/mol. The van der Waals surface area contributed by atoms with Gasteiger partial charge in [-0.1, -0.05) is 18.2 Å². The fourth-order valence-electron chi connectivity index (χ4n) is 2.60. The molecule has 25 heavy (non-hydrogen) atoms. The van der Waals surface area contributed by atoms with E-state index in [0.29, 0.717) is 22.7 Å². The summed E-state index contributed by atoms with van der Waals surface area (Å²) in [6.07, 6.45) is 3.69. The van der Waals surface area contributed by atoms with Crippen LogP contribution in [0, 0.1) is 5.82 Å². The molecule has 0 saturated carbocycles. The van der Waals surface area contributed by atoms with Crippen molar-refractivity contribution in [2.24, 2.45) is 0 Å². The fraction of sp³-hybridized carbons (Fsp3) is 0.0625. The second-order valence-corrected chi connectivity index (χ2v) is 5.34. The van der Waals surface area contributed by atoms with Gasteiger partial charge in [-0.05, 0) is 17.7 Å². The van der Waals surface area contributed by atoms with Gasteiger partial charge in [0.15, 0.2) is 11.5 Å². The molecule has 0 atom stereocenters. The SMILES string of the molecule is Nc1nc(N)nc(-c2nc(Cc3ccccc3F)c3ncccn23)n1. The van der Waals surface area contributed by atoms with Crippen LogP contribution in [0.2, 0.25) is 0 Å². The zero-order valence-corrected chi connectivity index (χ0v) is 13.0. The normalized spacial score (nSPS) is 11.1. The monoisotopic (exact) mass is 336 g/mol. The number of hydrogen-bond acceptors (Lipinski definition) is 7. The van der Waals surface area contributed by atoms with Crippen LogP contribution in [0.4, 0.5) is 16.3 Å². The van der Waals surface area contributed by atoms with Gasteiger partial charge in [0.1, 0.15) is 5.82 Å². The van der Waals surface area contributed by atoms with Crippen LogP contribution < -0.4 is 11.5 Å². The Morgan fingerprint density at radius 3 is 2.48 bits per heavy atom. The Morgan fingerprint density at radius 2 is 1.72 bits per heavy atom. The first-order chi connectivity index (χ1) is 12.1. The van der Waals surface area contributed by atoms with E-state index in [1.54, 1.807) is 41.1 Å². The van der Waals surface area contributed by atoms with Crippen LogP contribution in [0.25, 0.3) is 17.3 Å². The molecule has 0 spiro atoms. The molecule has 0 aliphatic rings. The maximum absolute atomic E-state index is 14.0. The molecule has 124 valence electrons. The van der Waals surface area contributed by atoms with E-state index in [9.17, 15) is 4.39 Å². The summed E-state index contributed by atoms with van der Waals surface area (Å²) < 4.78 is 15.7. The number of aromatic nitrogens is 6. The Balaban J connectivity index is 1.88. The summed E-state index contributed by atoms with van der Waals surface area (Å²) >= 11 is 0. The third-order valence-corrected chi connectivity index (χ3v) is 3.66. The van der Waals surface area contributed by atoms with Crippen molar-refractivity contribution in [1.29, 1.82) is 0 Å². The van der Waals surface area contributed by atoms with Crippen LogP contribution in [-0.4, -0.2) is 29.3 Å². The third-order valence-electron chi connectivity index (χ3n) is 3.66. The maximum Gasteiger partial charge on any atom is 0.225 e. The predicted molar refractivity (Wildman–Crippen MR) is 89.8 cm³/mol. The molecular formula is C16H13FN8. The summed E-state index contributed by atoms with van der Waals surface area (Å²) in [4.78, 5) is 20.8. The van der Waals surface area contributed by atoms with Gasteiger partial charge in [0, 0.05) is 18.8 Å². The van der Waals surface area contributed by atoms with Gasteiger partial charge in [0.05, 0.1) is 5.69 Å². The molecule has 0 aliphatic heterocycles. The lowest BCUT2D eigenvalue weighted by atomic mass is 10.1. The lowest BCUT2D eigenvalue weighted by Crippen LogP contribution is -2.05. The summed E-state index contributed by atoms with van der Waals surface area (Å²) in [5.41, 5.74) is 13.0. The molecule has 0 fully saturated rings. The zero-order chi connectivity index (χ0) is 17.4. The predicted octanol–water partition coefficient (Wildman–Crippen LogP) is 1.48. The summed E-state index contributed by atoms with van der Waals surface area (Å²) in [6.45, 7) is 0. The summed E-state index contributed by atoms with van der Waals surface area (Å²) in [7, 11) is 0. The van der Waals surface area contributed by atoms with E-state index in [1.807, 2.05) is 0 Å². The smallest absolute Gasteiger partial charge is 0.225 e. The number of nitrogens with zero attached hydrogens (tertiary/aromatic N) is 6. The quantitative estimate of drug-likeness (QED) is 0.581. The van der Waals surface area contributed by atoms with E-state index < -0.39 is 0 Å². The van der Waals surface area contributed by atoms with Crippen molar-refractivity contribution >= 4 is 17.5 Å². The fourth-order valence-corrected chi connectivity index (χ4v) is 2.60. The van der Waals surface area contributed by atoms with Crippen LogP contribution in [0.5, 0.6) is 0 Å². The molecule has 1 aromatic carbocycles. The van der Waals surface area contributed by atoms with E-state index in [2.05, 4.69) is 24.9 Å². The van der Waals surface area contributed by atoms with Crippen LogP contribution in [0.3, 0.4) is 0 Å². The Hall–Kier alpha value is -3.62. The lowest BCUT2D eigenvalue weighted by Gasteiger charge is -2.01. The Bertz CT molecular complexity index is 1050. The van der Waals surface area contributed by atoms with E-state index in [1.165, 1.54) is 6.07 Å². The molecule has 3 aromatic heterocycles. The van der Waals surface area contributed by atoms with Gasteiger partial charge in [-0.25, -0.2) is 14.4 Å². The number of anilines is 2. The van der Waals surface area contributed by atoms with Gasteiger partial charge in [-0.3, -0.25) is 4.40 Å². The molecule has 0 radical (unpaired) electrons.